The van der Waals surface area contributed by atoms with E-state index in [1.807, 2.05) is 60.8 Å². The molecule has 0 atom stereocenters. The van der Waals surface area contributed by atoms with Crippen molar-refractivity contribution in [2.45, 2.75) is 6.92 Å². The van der Waals surface area contributed by atoms with Gasteiger partial charge in [0.2, 0.25) is 0 Å². The molecule has 0 saturated heterocycles. The summed E-state index contributed by atoms with van der Waals surface area (Å²) in [4.78, 5) is 25.4. The first-order chi connectivity index (χ1) is 18.6. The van der Waals surface area contributed by atoms with E-state index in [1.54, 1.807) is 23.6 Å². The Balaban J connectivity index is 1.44. The molecule has 0 aliphatic heterocycles. The van der Waals surface area contributed by atoms with Crippen molar-refractivity contribution in [2.24, 2.45) is 16.6 Å². The third kappa shape index (κ3) is 5.18. The predicted molar refractivity (Wildman–Crippen MR) is 155 cm³/mol. The fourth-order valence-electron chi connectivity index (χ4n) is 3.81. The van der Waals surface area contributed by atoms with Crippen LogP contribution >= 0.6 is 11.3 Å². The highest BCUT2D eigenvalue weighted by Crippen LogP contribution is 2.32. The van der Waals surface area contributed by atoms with E-state index < -0.39 is 0 Å². The van der Waals surface area contributed by atoms with Crippen molar-refractivity contribution in [2.75, 3.05) is 10.7 Å². The molecule has 1 amide bonds. The van der Waals surface area contributed by atoms with E-state index in [4.69, 9.17) is 21.4 Å². The number of hydrogen-bond acceptors (Lipinski definition) is 9. The Labute approximate surface area is 222 Å². The van der Waals surface area contributed by atoms with Gasteiger partial charge in [0.15, 0.2) is 11.6 Å². The Bertz CT molecular complexity index is 1700. The van der Waals surface area contributed by atoms with Gasteiger partial charge in [0.25, 0.3) is 5.91 Å². The van der Waals surface area contributed by atoms with Crippen molar-refractivity contribution in [3.05, 3.63) is 89.8 Å². The van der Waals surface area contributed by atoms with Crippen LogP contribution in [-0.2, 0) is 0 Å². The van der Waals surface area contributed by atoms with Gasteiger partial charge in [-0.2, -0.15) is 5.10 Å². The van der Waals surface area contributed by atoms with Crippen molar-refractivity contribution in [1.29, 1.82) is 0 Å². The number of nitrogens with one attached hydrogen (secondary N) is 4. The lowest BCUT2D eigenvalue weighted by molar-refractivity contribution is 0.0963. The quantitative estimate of drug-likeness (QED) is 0.0948. The average molecular weight is 524 g/mol. The Hall–Kier alpha value is -5.16. The standard InChI is InChI=1S/C27H25N9OS/c1-2-30-36-19-7-5-18(6-8-19)31-26-24-21(10-12-38-24)34-25(35-26)17-4-3-16-13-23(33-22(16)14-17)27(37)32-20(15-29)9-11-28/h2-15,33,36H,28-29H2,1H3,(H,32,37)(H,31,34,35)/b11-9-,20-15+,30-2-. The lowest BCUT2D eigenvalue weighted by Gasteiger charge is -2.10. The lowest BCUT2D eigenvalue weighted by Crippen LogP contribution is -2.23. The maximum atomic E-state index is 12.7. The molecular weight excluding hydrogens is 498 g/mol. The van der Waals surface area contributed by atoms with Crippen molar-refractivity contribution >= 4 is 61.8 Å². The molecule has 0 saturated carbocycles. The number of aromatic nitrogens is 3. The largest absolute Gasteiger partial charge is 0.405 e. The van der Waals surface area contributed by atoms with Gasteiger partial charge in [0.05, 0.1) is 21.6 Å². The lowest BCUT2D eigenvalue weighted by atomic mass is 10.1. The second-order valence-electron chi connectivity index (χ2n) is 8.15. The minimum Gasteiger partial charge on any atom is -0.405 e. The Morgan fingerprint density at radius 2 is 1.87 bits per heavy atom. The number of hydrogen-bond donors (Lipinski definition) is 6. The monoisotopic (exact) mass is 523 g/mol. The number of thiophene rings is 1. The van der Waals surface area contributed by atoms with Crippen LogP contribution in [0.5, 0.6) is 0 Å². The van der Waals surface area contributed by atoms with Crippen molar-refractivity contribution in [3.63, 3.8) is 0 Å². The minimum absolute atomic E-state index is 0.331. The second-order valence-corrected chi connectivity index (χ2v) is 9.07. The second kappa shape index (κ2) is 10.8. The van der Waals surface area contributed by atoms with Crippen LogP contribution in [0.25, 0.3) is 32.5 Å². The molecule has 5 aromatic rings. The maximum Gasteiger partial charge on any atom is 0.272 e. The molecule has 3 aromatic heterocycles. The van der Waals surface area contributed by atoms with E-state index in [2.05, 4.69) is 26.1 Å². The summed E-state index contributed by atoms with van der Waals surface area (Å²) in [6, 6.07) is 17.3. The van der Waals surface area contributed by atoms with Crippen LogP contribution in [-0.4, -0.2) is 27.1 Å². The SMILES string of the molecule is C/C=N\Nc1ccc(Nc2nc(-c3ccc4cc(C(=O)NC(/C=C\N)=C/N)[nH]c4c3)nc3ccsc23)cc1. The van der Waals surface area contributed by atoms with Gasteiger partial charge in [-0.1, -0.05) is 12.1 Å². The van der Waals surface area contributed by atoms with Gasteiger partial charge in [-0.15, -0.1) is 11.3 Å². The molecular formula is C27H25N9OS. The molecule has 0 fully saturated rings. The third-order valence-corrected chi connectivity index (χ3v) is 6.52. The molecule has 0 aliphatic carbocycles. The number of carbonyl (C=O) groups excluding carboxylic acids is 1. The zero-order chi connectivity index (χ0) is 26.5. The summed E-state index contributed by atoms with van der Waals surface area (Å²) in [7, 11) is 0. The van der Waals surface area contributed by atoms with Gasteiger partial charge in [-0.25, -0.2) is 9.97 Å². The van der Waals surface area contributed by atoms with Gasteiger partial charge in [-0.05, 0) is 67.0 Å². The molecule has 38 heavy (non-hydrogen) atoms. The smallest absolute Gasteiger partial charge is 0.272 e. The number of H-pyrrole nitrogens is 1. The number of nitrogens with zero attached hydrogens (tertiary/aromatic N) is 3. The summed E-state index contributed by atoms with van der Waals surface area (Å²) in [6.07, 6.45) is 5.78. The Kier molecular flexibility index (Phi) is 7.00. The zero-order valence-corrected chi connectivity index (χ0v) is 21.2. The number of fused-ring (bicyclic) bond motifs is 2. The molecule has 190 valence electrons. The number of amides is 1. The number of anilines is 3. The third-order valence-electron chi connectivity index (χ3n) is 5.61. The molecule has 3 heterocycles. The Morgan fingerprint density at radius 1 is 1.05 bits per heavy atom. The summed E-state index contributed by atoms with van der Waals surface area (Å²) < 4.78 is 0.960. The number of aromatic amines is 1. The summed E-state index contributed by atoms with van der Waals surface area (Å²) in [5.41, 5.74) is 18.9. The first-order valence-corrected chi connectivity index (χ1v) is 12.6. The minimum atomic E-state index is -0.331. The van der Waals surface area contributed by atoms with Gasteiger partial charge in [-0.3, -0.25) is 10.2 Å². The highest BCUT2D eigenvalue weighted by molar-refractivity contribution is 7.17. The zero-order valence-electron chi connectivity index (χ0n) is 20.4. The number of rotatable bonds is 8. The van der Waals surface area contributed by atoms with E-state index in [0.717, 1.165) is 38.1 Å². The Morgan fingerprint density at radius 3 is 2.63 bits per heavy atom. The fourth-order valence-corrected chi connectivity index (χ4v) is 4.59. The molecule has 2 aromatic carbocycles. The summed E-state index contributed by atoms with van der Waals surface area (Å²) in [6.45, 7) is 1.85. The molecule has 0 spiro atoms. The van der Waals surface area contributed by atoms with E-state index >= 15 is 0 Å². The van der Waals surface area contributed by atoms with Crippen molar-refractivity contribution in [1.82, 2.24) is 20.3 Å². The maximum absolute atomic E-state index is 12.7. The van der Waals surface area contributed by atoms with Gasteiger partial charge < -0.3 is 27.1 Å². The fraction of sp³-hybridized carbons (Fsp3) is 0.0370. The van der Waals surface area contributed by atoms with Gasteiger partial charge in [0, 0.05) is 34.6 Å². The van der Waals surface area contributed by atoms with E-state index in [-0.39, 0.29) is 5.91 Å². The number of nitrogens with two attached hydrogens (primary N) is 2. The number of benzene rings is 2. The van der Waals surface area contributed by atoms with Crippen LogP contribution in [0.4, 0.5) is 17.2 Å². The van der Waals surface area contributed by atoms with Crippen LogP contribution in [0.15, 0.2) is 89.3 Å². The van der Waals surface area contributed by atoms with Crippen molar-refractivity contribution < 1.29 is 4.79 Å². The van der Waals surface area contributed by atoms with Crippen LogP contribution in [0, 0.1) is 0 Å². The first kappa shape index (κ1) is 24.5. The van der Waals surface area contributed by atoms with Gasteiger partial charge >= 0.3 is 0 Å². The summed E-state index contributed by atoms with van der Waals surface area (Å²) in [5.74, 6) is 0.952. The number of allylic oxidation sites excluding steroid dienone is 1. The first-order valence-electron chi connectivity index (χ1n) is 11.7. The molecule has 11 heteroatoms. The predicted octanol–water partition coefficient (Wildman–Crippen LogP) is 5.00. The molecule has 0 unspecified atom stereocenters. The summed E-state index contributed by atoms with van der Waals surface area (Å²) >= 11 is 1.57. The van der Waals surface area contributed by atoms with Gasteiger partial charge in [0.1, 0.15) is 5.69 Å². The number of hydrazone groups is 1. The highest BCUT2D eigenvalue weighted by atomic mass is 32.1. The van der Waals surface area contributed by atoms with E-state index in [1.165, 1.54) is 18.5 Å². The molecule has 5 rings (SSSR count). The van der Waals surface area contributed by atoms with Crippen LogP contribution in [0.2, 0.25) is 0 Å². The molecule has 0 aliphatic rings. The normalized spacial score (nSPS) is 12.1. The van der Waals surface area contributed by atoms with E-state index in [0.29, 0.717) is 23.0 Å². The topological polar surface area (TPSA) is 159 Å². The summed E-state index contributed by atoms with van der Waals surface area (Å²) in [5, 5.41) is 13.0. The molecule has 10 nitrogen and oxygen atoms in total. The van der Waals surface area contributed by atoms with E-state index in [9.17, 15) is 4.79 Å². The molecule has 8 N–H and O–H groups in total. The number of carbonyl (C=O) groups is 1. The van der Waals surface area contributed by atoms with Crippen LogP contribution in [0.1, 0.15) is 17.4 Å². The van der Waals surface area contributed by atoms with Crippen LogP contribution in [0.3, 0.4) is 0 Å². The highest BCUT2D eigenvalue weighted by Gasteiger charge is 2.14. The van der Waals surface area contributed by atoms with Crippen molar-refractivity contribution in [3.8, 4) is 11.4 Å². The molecule has 0 bridgehead atoms. The molecule has 0 radical (unpaired) electrons. The average Bonchev–Trinajstić information content (AvgIpc) is 3.59. The van der Waals surface area contributed by atoms with Crippen LogP contribution < -0.4 is 27.5 Å².